The number of carbonyl (C=O) groups excluding carboxylic acids is 1. The molecule has 4 heteroatoms. The number of nitrogens with zero attached hydrogens (tertiary/aromatic N) is 1. The number of nitrogens with one attached hydrogen (secondary N) is 1. The van der Waals surface area contributed by atoms with Crippen molar-refractivity contribution in [1.29, 1.82) is 0 Å². The van der Waals surface area contributed by atoms with E-state index in [2.05, 4.69) is 10.3 Å². The van der Waals surface area contributed by atoms with Gasteiger partial charge in [0.2, 0.25) is 0 Å². The Kier molecular flexibility index (Phi) is 5.28. The molecule has 1 rings (SSSR count). The fraction of sp³-hybridized carbons (Fsp3) is 0.571. The minimum Gasteiger partial charge on any atom is -0.460 e. The van der Waals surface area contributed by atoms with Gasteiger partial charge in [0.05, 0.1) is 12.1 Å². The van der Waals surface area contributed by atoms with Crippen molar-refractivity contribution in [3.05, 3.63) is 29.6 Å². The second kappa shape index (κ2) is 6.50. The molecular formula is C14H22N2O2. The Labute approximate surface area is 109 Å². The van der Waals surface area contributed by atoms with Gasteiger partial charge in [0.1, 0.15) is 5.60 Å². The zero-order valence-electron chi connectivity index (χ0n) is 11.6. The van der Waals surface area contributed by atoms with Gasteiger partial charge in [-0.1, -0.05) is 6.07 Å². The number of esters is 1. The number of carbonyl (C=O) groups is 1. The lowest BCUT2D eigenvalue weighted by molar-refractivity contribution is -0.154. The zero-order valence-corrected chi connectivity index (χ0v) is 11.6. The lowest BCUT2D eigenvalue weighted by Gasteiger charge is -2.19. The summed E-state index contributed by atoms with van der Waals surface area (Å²) in [6, 6.07) is 3.94. The third kappa shape index (κ3) is 5.77. The SMILES string of the molecule is Cc1cccnc1CNCCC(=O)OC(C)(C)C. The molecule has 0 saturated carbocycles. The van der Waals surface area contributed by atoms with Gasteiger partial charge in [0.15, 0.2) is 0 Å². The van der Waals surface area contributed by atoms with E-state index in [0.29, 0.717) is 19.5 Å². The van der Waals surface area contributed by atoms with E-state index in [9.17, 15) is 4.79 Å². The molecule has 0 fully saturated rings. The molecule has 0 radical (unpaired) electrons. The van der Waals surface area contributed by atoms with Gasteiger partial charge in [0.25, 0.3) is 0 Å². The molecular weight excluding hydrogens is 228 g/mol. The van der Waals surface area contributed by atoms with Crippen LogP contribution in [0.4, 0.5) is 0 Å². The number of hydrogen-bond acceptors (Lipinski definition) is 4. The minimum absolute atomic E-state index is 0.173. The van der Waals surface area contributed by atoms with E-state index in [1.807, 2.05) is 39.8 Å². The molecule has 0 atom stereocenters. The first-order chi connectivity index (χ1) is 8.38. The molecule has 0 aliphatic carbocycles. The van der Waals surface area contributed by atoms with E-state index in [1.165, 1.54) is 0 Å². The predicted molar refractivity (Wildman–Crippen MR) is 71.1 cm³/mol. The molecule has 0 amide bonds. The third-order valence-electron chi connectivity index (χ3n) is 2.34. The highest BCUT2D eigenvalue weighted by Crippen LogP contribution is 2.08. The summed E-state index contributed by atoms with van der Waals surface area (Å²) in [7, 11) is 0. The summed E-state index contributed by atoms with van der Waals surface area (Å²) in [4.78, 5) is 15.7. The van der Waals surface area contributed by atoms with Gasteiger partial charge in [-0.25, -0.2) is 0 Å². The second-order valence-electron chi connectivity index (χ2n) is 5.28. The van der Waals surface area contributed by atoms with Gasteiger partial charge >= 0.3 is 5.97 Å². The third-order valence-corrected chi connectivity index (χ3v) is 2.34. The maximum Gasteiger partial charge on any atom is 0.307 e. The van der Waals surface area contributed by atoms with Crippen molar-refractivity contribution < 1.29 is 9.53 Å². The largest absolute Gasteiger partial charge is 0.460 e. The van der Waals surface area contributed by atoms with Crippen molar-refractivity contribution in [2.45, 2.75) is 46.3 Å². The Bertz CT molecular complexity index is 397. The molecule has 1 aromatic rings. The molecule has 0 saturated heterocycles. The molecule has 0 unspecified atom stereocenters. The molecule has 0 bridgehead atoms. The molecule has 0 aromatic carbocycles. The molecule has 0 aliphatic heterocycles. The van der Waals surface area contributed by atoms with Crippen LogP contribution in [0.15, 0.2) is 18.3 Å². The van der Waals surface area contributed by atoms with E-state index >= 15 is 0 Å². The second-order valence-corrected chi connectivity index (χ2v) is 5.28. The summed E-state index contributed by atoms with van der Waals surface area (Å²) in [6.07, 6.45) is 2.15. The fourth-order valence-corrected chi connectivity index (χ4v) is 1.49. The highest BCUT2D eigenvalue weighted by Gasteiger charge is 2.15. The molecule has 0 aliphatic rings. The zero-order chi connectivity index (χ0) is 13.6. The molecule has 4 nitrogen and oxygen atoms in total. The number of hydrogen-bond donors (Lipinski definition) is 1. The molecule has 1 N–H and O–H groups in total. The van der Waals surface area contributed by atoms with Crippen LogP contribution in [0.25, 0.3) is 0 Å². The minimum atomic E-state index is -0.408. The molecule has 1 heterocycles. The van der Waals surface area contributed by atoms with E-state index in [0.717, 1.165) is 11.3 Å². The van der Waals surface area contributed by atoms with Crippen LogP contribution in [0.5, 0.6) is 0 Å². The Morgan fingerprint density at radius 2 is 2.17 bits per heavy atom. The molecule has 100 valence electrons. The lowest BCUT2D eigenvalue weighted by atomic mass is 10.2. The summed E-state index contributed by atoms with van der Waals surface area (Å²) in [5.41, 5.74) is 1.76. The first kappa shape index (κ1) is 14.6. The van der Waals surface area contributed by atoms with Crippen LogP contribution in [0.3, 0.4) is 0 Å². The van der Waals surface area contributed by atoms with Crippen molar-refractivity contribution in [2.75, 3.05) is 6.54 Å². The Balaban J connectivity index is 2.23. The van der Waals surface area contributed by atoms with E-state index < -0.39 is 5.60 Å². The topological polar surface area (TPSA) is 51.2 Å². The van der Waals surface area contributed by atoms with E-state index in [1.54, 1.807) is 6.20 Å². The molecule has 1 aromatic heterocycles. The molecule has 18 heavy (non-hydrogen) atoms. The van der Waals surface area contributed by atoms with Gasteiger partial charge in [-0.15, -0.1) is 0 Å². The first-order valence-corrected chi connectivity index (χ1v) is 6.21. The lowest BCUT2D eigenvalue weighted by Crippen LogP contribution is -2.26. The Hall–Kier alpha value is -1.42. The highest BCUT2D eigenvalue weighted by molar-refractivity contribution is 5.70. The first-order valence-electron chi connectivity index (χ1n) is 6.21. The van der Waals surface area contributed by atoms with Crippen LogP contribution in [0.2, 0.25) is 0 Å². The summed E-state index contributed by atoms with van der Waals surface area (Å²) >= 11 is 0. The van der Waals surface area contributed by atoms with Crippen LogP contribution in [-0.4, -0.2) is 23.1 Å². The number of aryl methyl sites for hydroxylation is 1. The quantitative estimate of drug-likeness (QED) is 0.643. The van der Waals surface area contributed by atoms with Crippen LogP contribution < -0.4 is 5.32 Å². The number of pyridine rings is 1. The maximum absolute atomic E-state index is 11.5. The standard InChI is InChI=1S/C14H22N2O2/c1-11-6-5-8-16-12(11)10-15-9-7-13(17)18-14(2,3)4/h5-6,8,15H,7,9-10H2,1-4H3. The van der Waals surface area contributed by atoms with Crippen molar-refractivity contribution in [3.63, 3.8) is 0 Å². The fourth-order valence-electron chi connectivity index (χ4n) is 1.49. The monoisotopic (exact) mass is 250 g/mol. The van der Waals surface area contributed by atoms with Gasteiger partial charge < -0.3 is 10.1 Å². The van der Waals surface area contributed by atoms with E-state index in [4.69, 9.17) is 4.74 Å². The van der Waals surface area contributed by atoms with Gasteiger partial charge in [-0.2, -0.15) is 0 Å². The summed E-state index contributed by atoms with van der Waals surface area (Å²) in [5, 5.41) is 3.20. The highest BCUT2D eigenvalue weighted by atomic mass is 16.6. The number of aromatic nitrogens is 1. The van der Waals surface area contributed by atoms with Crippen LogP contribution >= 0.6 is 0 Å². The van der Waals surface area contributed by atoms with Gasteiger partial charge in [0, 0.05) is 19.3 Å². The van der Waals surface area contributed by atoms with Crippen molar-refractivity contribution in [2.24, 2.45) is 0 Å². The average molecular weight is 250 g/mol. The summed E-state index contributed by atoms with van der Waals surface area (Å²) < 4.78 is 5.22. The van der Waals surface area contributed by atoms with Gasteiger partial charge in [-0.3, -0.25) is 9.78 Å². The number of rotatable bonds is 5. The van der Waals surface area contributed by atoms with Crippen LogP contribution in [-0.2, 0) is 16.1 Å². The van der Waals surface area contributed by atoms with Crippen LogP contribution in [0, 0.1) is 6.92 Å². The normalized spacial score (nSPS) is 11.3. The maximum atomic E-state index is 11.5. The van der Waals surface area contributed by atoms with Crippen molar-refractivity contribution in [1.82, 2.24) is 10.3 Å². The number of ether oxygens (including phenoxy) is 1. The summed E-state index contributed by atoms with van der Waals surface area (Å²) in [5.74, 6) is -0.173. The predicted octanol–water partition coefficient (Wildman–Crippen LogP) is 2.21. The van der Waals surface area contributed by atoms with Crippen molar-refractivity contribution >= 4 is 5.97 Å². The van der Waals surface area contributed by atoms with E-state index in [-0.39, 0.29) is 5.97 Å². The van der Waals surface area contributed by atoms with Crippen LogP contribution in [0.1, 0.15) is 38.4 Å². The van der Waals surface area contributed by atoms with Crippen molar-refractivity contribution in [3.8, 4) is 0 Å². The Morgan fingerprint density at radius 1 is 1.44 bits per heavy atom. The average Bonchev–Trinajstić information content (AvgIpc) is 2.24. The summed E-state index contributed by atoms with van der Waals surface area (Å²) in [6.45, 7) is 8.92. The van der Waals surface area contributed by atoms with Gasteiger partial charge in [-0.05, 0) is 39.3 Å². The molecule has 0 spiro atoms. The Morgan fingerprint density at radius 3 is 2.78 bits per heavy atom. The smallest absolute Gasteiger partial charge is 0.307 e.